The standard InChI is InChI=1S/C19H25FN4/c1-14-5-3-7-19(21-14)24(2)12-4-6-17-13-18(23-22-17)15-8-10-16(20)11-9-15/h3,5,7-11,17-18,22-23H,4,6,12-13H2,1-2H3. The molecule has 1 saturated heterocycles. The van der Waals surface area contributed by atoms with Crippen LogP contribution in [0.5, 0.6) is 0 Å². The zero-order valence-electron chi connectivity index (χ0n) is 14.3. The summed E-state index contributed by atoms with van der Waals surface area (Å²) in [4.78, 5) is 6.75. The number of anilines is 1. The van der Waals surface area contributed by atoms with Crippen molar-refractivity contribution in [2.24, 2.45) is 0 Å². The van der Waals surface area contributed by atoms with E-state index < -0.39 is 0 Å². The van der Waals surface area contributed by atoms with Gasteiger partial charge in [-0.25, -0.2) is 9.37 Å². The third-order valence-electron chi connectivity index (χ3n) is 4.57. The van der Waals surface area contributed by atoms with Crippen molar-refractivity contribution in [3.8, 4) is 0 Å². The van der Waals surface area contributed by atoms with E-state index in [1.165, 1.54) is 12.1 Å². The lowest BCUT2D eigenvalue weighted by Gasteiger charge is -2.19. The lowest BCUT2D eigenvalue weighted by molar-refractivity contribution is 0.502. The second-order valence-electron chi connectivity index (χ2n) is 6.53. The Hall–Kier alpha value is -1.98. The fourth-order valence-electron chi connectivity index (χ4n) is 3.16. The van der Waals surface area contributed by atoms with Gasteiger partial charge in [0.2, 0.25) is 0 Å². The second-order valence-corrected chi connectivity index (χ2v) is 6.53. The number of hydrogen-bond acceptors (Lipinski definition) is 4. The molecular formula is C19H25FN4. The first-order valence-electron chi connectivity index (χ1n) is 8.53. The molecule has 2 aromatic rings. The molecule has 1 aromatic heterocycles. The number of rotatable bonds is 6. The minimum atomic E-state index is -0.186. The van der Waals surface area contributed by atoms with Crippen LogP contribution >= 0.6 is 0 Å². The van der Waals surface area contributed by atoms with Crippen molar-refractivity contribution in [2.75, 3.05) is 18.5 Å². The topological polar surface area (TPSA) is 40.2 Å². The number of hydrogen-bond donors (Lipinski definition) is 2. The summed E-state index contributed by atoms with van der Waals surface area (Å²) in [5.74, 6) is 0.839. The molecule has 1 aromatic carbocycles. The molecule has 2 N–H and O–H groups in total. The van der Waals surface area contributed by atoms with Crippen molar-refractivity contribution < 1.29 is 4.39 Å². The van der Waals surface area contributed by atoms with E-state index in [1.807, 2.05) is 37.3 Å². The summed E-state index contributed by atoms with van der Waals surface area (Å²) >= 11 is 0. The molecule has 2 heterocycles. The zero-order valence-corrected chi connectivity index (χ0v) is 14.3. The Labute approximate surface area is 143 Å². The number of halogens is 1. The van der Waals surface area contributed by atoms with Crippen LogP contribution in [0.3, 0.4) is 0 Å². The van der Waals surface area contributed by atoms with E-state index in [0.717, 1.165) is 42.9 Å². The minimum Gasteiger partial charge on any atom is -0.360 e. The molecule has 128 valence electrons. The van der Waals surface area contributed by atoms with Crippen LogP contribution < -0.4 is 15.8 Å². The molecule has 4 nitrogen and oxygen atoms in total. The van der Waals surface area contributed by atoms with Crippen LogP contribution in [0.4, 0.5) is 10.2 Å². The first-order valence-corrected chi connectivity index (χ1v) is 8.53. The normalized spacial score (nSPS) is 20.3. The third-order valence-corrected chi connectivity index (χ3v) is 4.57. The van der Waals surface area contributed by atoms with Crippen LogP contribution in [0.25, 0.3) is 0 Å². The van der Waals surface area contributed by atoms with Gasteiger partial charge in [0.05, 0.1) is 0 Å². The van der Waals surface area contributed by atoms with Crippen molar-refractivity contribution in [3.63, 3.8) is 0 Å². The van der Waals surface area contributed by atoms with Gasteiger partial charge in [-0.3, -0.25) is 10.9 Å². The maximum Gasteiger partial charge on any atom is 0.128 e. The van der Waals surface area contributed by atoms with Crippen molar-refractivity contribution in [2.45, 2.75) is 38.3 Å². The molecule has 0 spiro atoms. The van der Waals surface area contributed by atoms with Gasteiger partial charge in [0.15, 0.2) is 0 Å². The number of pyridine rings is 1. The molecular weight excluding hydrogens is 303 g/mol. The average Bonchev–Trinajstić information content (AvgIpc) is 3.04. The molecule has 0 saturated carbocycles. The Bertz CT molecular complexity index is 659. The summed E-state index contributed by atoms with van der Waals surface area (Å²) in [5, 5.41) is 0. The number of nitrogens with one attached hydrogen (secondary N) is 2. The largest absolute Gasteiger partial charge is 0.360 e. The second kappa shape index (κ2) is 7.73. The first-order chi connectivity index (χ1) is 11.6. The van der Waals surface area contributed by atoms with E-state index in [-0.39, 0.29) is 11.9 Å². The van der Waals surface area contributed by atoms with Gasteiger partial charge >= 0.3 is 0 Å². The quantitative estimate of drug-likeness (QED) is 0.853. The molecule has 0 amide bonds. The Morgan fingerprint density at radius 2 is 1.96 bits per heavy atom. The van der Waals surface area contributed by atoms with Crippen molar-refractivity contribution in [3.05, 3.63) is 59.5 Å². The molecule has 1 aliphatic rings. The number of aromatic nitrogens is 1. The molecule has 5 heteroatoms. The molecule has 2 unspecified atom stereocenters. The summed E-state index contributed by atoms with van der Waals surface area (Å²) in [7, 11) is 2.09. The van der Waals surface area contributed by atoms with Crippen LogP contribution in [0.15, 0.2) is 42.5 Å². The number of hydrazine groups is 1. The highest BCUT2D eigenvalue weighted by molar-refractivity contribution is 5.37. The van der Waals surface area contributed by atoms with Gasteiger partial charge in [-0.2, -0.15) is 0 Å². The van der Waals surface area contributed by atoms with Crippen LogP contribution in [0.1, 0.15) is 36.6 Å². The predicted octanol–water partition coefficient (Wildman–Crippen LogP) is 3.35. The third kappa shape index (κ3) is 4.30. The van der Waals surface area contributed by atoms with Crippen LogP contribution in [0, 0.1) is 12.7 Å². The summed E-state index contributed by atoms with van der Waals surface area (Å²) in [6.45, 7) is 3.00. The van der Waals surface area contributed by atoms with E-state index in [0.29, 0.717) is 6.04 Å². The van der Waals surface area contributed by atoms with E-state index in [4.69, 9.17) is 0 Å². The van der Waals surface area contributed by atoms with Gasteiger partial charge in [0.1, 0.15) is 11.6 Å². The summed E-state index contributed by atoms with van der Waals surface area (Å²) < 4.78 is 13.0. The van der Waals surface area contributed by atoms with Gasteiger partial charge in [-0.15, -0.1) is 0 Å². The molecule has 1 aliphatic heterocycles. The molecule has 24 heavy (non-hydrogen) atoms. The fourth-order valence-corrected chi connectivity index (χ4v) is 3.16. The molecule has 3 rings (SSSR count). The SMILES string of the molecule is Cc1cccc(N(C)CCCC2CC(c3ccc(F)cc3)NN2)n1. The van der Waals surface area contributed by atoms with Gasteiger partial charge in [-0.1, -0.05) is 18.2 Å². The van der Waals surface area contributed by atoms with Gasteiger partial charge in [0, 0.05) is 31.4 Å². The highest BCUT2D eigenvalue weighted by Gasteiger charge is 2.24. The summed E-state index contributed by atoms with van der Waals surface area (Å²) in [6.07, 6.45) is 3.22. The maximum atomic E-state index is 13.0. The smallest absolute Gasteiger partial charge is 0.128 e. The van der Waals surface area contributed by atoms with Gasteiger partial charge in [0.25, 0.3) is 0 Å². The fraction of sp³-hybridized carbons (Fsp3) is 0.421. The van der Waals surface area contributed by atoms with E-state index >= 15 is 0 Å². The van der Waals surface area contributed by atoms with Crippen molar-refractivity contribution in [1.29, 1.82) is 0 Å². The molecule has 1 fully saturated rings. The van der Waals surface area contributed by atoms with E-state index in [9.17, 15) is 4.39 Å². The predicted molar refractivity (Wildman–Crippen MR) is 95.3 cm³/mol. The van der Waals surface area contributed by atoms with Crippen molar-refractivity contribution >= 4 is 5.82 Å². The van der Waals surface area contributed by atoms with Gasteiger partial charge in [-0.05, 0) is 56.0 Å². The summed E-state index contributed by atoms with van der Waals surface area (Å²) in [6, 6.07) is 13.6. The highest BCUT2D eigenvalue weighted by Crippen LogP contribution is 2.24. The molecule has 2 atom stereocenters. The van der Waals surface area contributed by atoms with E-state index in [2.05, 4.69) is 27.8 Å². The number of nitrogens with zero attached hydrogens (tertiary/aromatic N) is 2. The minimum absolute atomic E-state index is 0.186. The Morgan fingerprint density at radius 1 is 1.17 bits per heavy atom. The zero-order chi connectivity index (χ0) is 16.9. The first kappa shape index (κ1) is 16.9. The van der Waals surface area contributed by atoms with E-state index in [1.54, 1.807) is 0 Å². The maximum absolute atomic E-state index is 13.0. The lowest BCUT2D eigenvalue weighted by Crippen LogP contribution is -2.31. The molecule has 0 aliphatic carbocycles. The Kier molecular flexibility index (Phi) is 5.43. The monoisotopic (exact) mass is 328 g/mol. The Balaban J connectivity index is 1.44. The lowest BCUT2D eigenvalue weighted by atomic mass is 9.99. The molecule has 0 radical (unpaired) electrons. The molecule has 0 bridgehead atoms. The van der Waals surface area contributed by atoms with Crippen molar-refractivity contribution in [1.82, 2.24) is 15.8 Å². The van der Waals surface area contributed by atoms with Gasteiger partial charge < -0.3 is 4.90 Å². The average molecular weight is 328 g/mol. The number of aryl methyl sites for hydroxylation is 1. The van der Waals surface area contributed by atoms with Crippen LogP contribution in [0.2, 0.25) is 0 Å². The van der Waals surface area contributed by atoms with Crippen LogP contribution in [-0.4, -0.2) is 24.6 Å². The number of benzene rings is 1. The summed E-state index contributed by atoms with van der Waals surface area (Å²) in [5.41, 5.74) is 8.86. The Morgan fingerprint density at radius 3 is 2.71 bits per heavy atom. The van der Waals surface area contributed by atoms with Crippen LogP contribution in [-0.2, 0) is 0 Å². The highest BCUT2D eigenvalue weighted by atomic mass is 19.1.